The van der Waals surface area contributed by atoms with Crippen molar-refractivity contribution in [2.75, 3.05) is 0 Å². The van der Waals surface area contributed by atoms with Crippen molar-refractivity contribution in [3.8, 4) is 11.1 Å². The molecule has 1 aliphatic carbocycles. The first-order chi connectivity index (χ1) is 9.77. The predicted octanol–water partition coefficient (Wildman–Crippen LogP) is 6.21. The standard InChI is InChI=1S/C16H14.2C2H6/c1-3-16(2)14-10-6-4-8-12(14)13-9-5-7-11-15(13)16;2*1-2/h3-11H,1H2,2H3;2*1-2H3. The van der Waals surface area contributed by atoms with E-state index in [1.165, 1.54) is 22.3 Å². The van der Waals surface area contributed by atoms with E-state index in [2.05, 4.69) is 68.1 Å². The molecule has 0 saturated heterocycles. The fourth-order valence-electron chi connectivity index (χ4n) is 2.71. The van der Waals surface area contributed by atoms with Crippen molar-refractivity contribution in [3.05, 3.63) is 72.3 Å². The van der Waals surface area contributed by atoms with Gasteiger partial charge in [-0.1, -0.05) is 82.3 Å². The molecule has 3 rings (SSSR count). The van der Waals surface area contributed by atoms with Crippen LogP contribution in [0.1, 0.15) is 45.7 Å². The normalized spacial score (nSPS) is 12.8. The highest BCUT2D eigenvalue weighted by Crippen LogP contribution is 2.48. The second-order valence-electron chi connectivity index (χ2n) is 4.50. The summed E-state index contributed by atoms with van der Waals surface area (Å²) in [5.74, 6) is 0. The van der Waals surface area contributed by atoms with Crippen molar-refractivity contribution >= 4 is 0 Å². The molecule has 0 N–H and O–H groups in total. The number of fused-ring (bicyclic) bond motifs is 3. The van der Waals surface area contributed by atoms with Gasteiger partial charge in [0.15, 0.2) is 0 Å². The minimum atomic E-state index is -0.0345. The third-order valence-electron chi connectivity index (χ3n) is 3.67. The highest BCUT2D eigenvalue weighted by Gasteiger charge is 2.35. The molecule has 0 saturated carbocycles. The van der Waals surface area contributed by atoms with Crippen molar-refractivity contribution in [2.45, 2.75) is 40.0 Å². The Morgan fingerprint density at radius 3 is 1.45 bits per heavy atom. The molecule has 1 aliphatic rings. The van der Waals surface area contributed by atoms with Crippen LogP contribution in [-0.4, -0.2) is 0 Å². The Hall–Kier alpha value is -1.82. The molecule has 0 heterocycles. The van der Waals surface area contributed by atoms with Gasteiger partial charge in [-0.25, -0.2) is 0 Å². The van der Waals surface area contributed by atoms with Crippen LogP contribution < -0.4 is 0 Å². The molecule has 0 amide bonds. The lowest BCUT2D eigenvalue weighted by molar-refractivity contribution is 0.749. The van der Waals surface area contributed by atoms with E-state index in [1.54, 1.807) is 0 Å². The molecule has 0 spiro atoms. The van der Waals surface area contributed by atoms with E-state index in [4.69, 9.17) is 0 Å². The molecule has 2 aromatic rings. The van der Waals surface area contributed by atoms with Crippen LogP contribution in [0.4, 0.5) is 0 Å². The maximum Gasteiger partial charge on any atom is 0.0363 e. The Labute approximate surface area is 124 Å². The number of allylic oxidation sites excluding steroid dienone is 1. The molecule has 0 aliphatic heterocycles. The minimum Gasteiger partial charge on any atom is -0.102 e. The summed E-state index contributed by atoms with van der Waals surface area (Å²) in [6.07, 6.45) is 2.05. The molecule has 0 unspecified atom stereocenters. The predicted molar refractivity (Wildman–Crippen MR) is 91.2 cm³/mol. The summed E-state index contributed by atoms with van der Waals surface area (Å²) in [5.41, 5.74) is 5.39. The molecule has 0 atom stereocenters. The zero-order valence-electron chi connectivity index (χ0n) is 13.4. The fraction of sp³-hybridized carbons (Fsp3) is 0.300. The fourth-order valence-corrected chi connectivity index (χ4v) is 2.71. The lowest BCUT2D eigenvalue weighted by atomic mass is 9.80. The van der Waals surface area contributed by atoms with Crippen LogP contribution in [0.2, 0.25) is 0 Å². The Balaban J connectivity index is 0.000000461. The summed E-state index contributed by atoms with van der Waals surface area (Å²) >= 11 is 0. The monoisotopic (exact) mass is 266 g/mol. The van der Waals surface area contributed by atoms with E-state index < -0.39 is 0 Å². The third-order valence-corrected chi connectivity index (χ3v) is 3.67. The van der Waals surface area contributed by atoms with Crippen LogP contribution in [-0.2, 0) is 5.41 Å². The van der Waals surface area contributed by atoms with Gasteiger partial charge in [-0.05, 0) is 29.2 Å². The first-order valence-corrected chi connectivity index (χ1v) is 7.60. The molecule has 0 fully saturated rings. The van der Waals surface area contributed by atoms with E-state index in [9.17, 15) is 0 Å². The number of hydrogen-bond donors (Lipinski definition) is 0. The van der Waals surface area contributed by atoms with Crippen LogP contribution in [0.15, 0.2) is 61.2 Å². The van der Waals surface area contributed by atoms with Crippen molar-refractivity contribution in [1.82, 2.24) is 0 Å². The SMILES string of the molecule is C=CC1(C)c2ccccc2-c2ccccc21.CC.CC. The summed E-state index contributed by atoms with van der Waals surface area (Å²) in [6, 6.07) is 17.2. The van der Waals surface area contributed by atoms with E-state index in [-0.39, 0.29) is 5.41 Å². The minimum absolute atomic E-state index is 0.0345. The van der Waals surface area contributed by atoms with Gasteiger partial charge in [0.1, 0.15) is 0 Å². The molecule has 0 heteroatoms. The second kappa shape index (κ2) is 7.09. The Bertz CT molecular complexity index is 518. The summed E-state index contributed by atoms with van der Waals surface area (Å²) < 4.78 is 0. The smallest absolute Gasteiger partial charge is 0.0363 e. The van der Waals surface area contributed by atoms with E-state index >= 15 is 0 Å². The summed E-state index contributed by atoms with van der Waals surface area (Å²) in [4.78, 5) is 0. The molecule has 2 aromatic carbocycles. The van der Waals surface area contributed by atoms with Crippen molar-refractivity contribution in [1.29, 1.82) is 0 Å². The quantitative estimate of drug-likeness (QED) is 0.538. The highest BCUT2D eigenvalue weighted by atomic mass is 14.4. The zero-order chi connectivity index (χ0) is 15.2. The van der Waals surface area contributed by atoms with Gasteiger partial charge in [0.2, 0.25) is 0 Å². The van der Waals surface area contributed by atoms with E-state index in [0.29, 0.717) is 0 Å². The maximum atomic E-state index is 4.01. The summed E-state index contributed by atoms with van der Waals surface area (Å²) in [7, 11) is 0. The number of rotatable bonds is 1. The van der Waals surface area contributed by atoms with Gasteiger partial charge in [0.05, 0.1) is 0 Å². The van der Waals surface area contributed by atoms with E-state index in [0.717, 1.165) is 0 Å². The summed E-state index contributed by atoms with van der Waals surface area (Å²) in [5, 5.41) is 0. The topological polar surface area (TPSA) is 0 Å². The van der Waals surface area contributed by atoms with Crippen LogP contribution in [0.5, 0.6) is 0 Å². The number of hydrogen-bond acceptors (Lipinski definition) is 0. The lowest BCUT2D eigenvalue weighted by Crippen LogP contribution is -2.16. The number of benzene rings is 2. The molecule has 0 nitrogen and oxygen atoms in total. The molecule has 0 radical (unpaired) electrons. The summed E-state index contributed by atoms with van der Waals surface area (Å²) in [6.45, 7) is 14.3. The van der Waals surface area contributed by atoms with Gasteiger partial charge in [-0.2, -0.15) is 0 Å². The van der Waals surface area contributed by atoms with Crippen LogP contribution in [0.3, 0.4) is 0 Å². The van der Waals surface area contributed by atoms with Crippen molar-refractivity contribution in [2.24, 2.45) is 0 Å². The van der Waals surface area contributed by atoms with E-state index in [1.807, 2.05) is 27.7 Å². The van der Waals surface area contributed by atoms with Gasteiger partial charge in [0, 0.05) is 5.41 Å². The average Bonchev–Trinajstić information content (AvgIpc) is 2.82. The first kappa shape index (κ1) is 16.2. The first-order valence-electron chi connectivity index (χ1n) is 7.60. The van der Waals surface area contributed by atoms with Crippen LogP contribution in [0.25, 0.3) is 11.1 Å². The lowest BCUT2D eigenvalue weighted by Gasteiger charge is -2.22. The Kier molecular flexibility index (Phi) is 5.76. The molecule has 20 heavy (non-hydrogen) atoms. The molecular formula is C20H26. The van der Waals surface area contributed by atoms with Gasteiger partial charge >= 0.3 is 0 Å². The molecule has 106 valence electrons. The Morgan fingerprint density at radius 2 is 1.10 bits per heavy atom. The van der Waals surface area contributed by atoms with Gasteiger partial charge in [0.25, 0.3) is 0 Å². The third kappa shape index (κ3) is 2.43. The maximum absolute atomic E-state index is 4.01. The van der Waals surface area contributed by atoms with Gasteiger partial charge in [-0.3, -0.25) is 0 Å². The van der Waals surface area contributed by atoms with Crippen molar-refractivity contribution < 1.29 is 0 Å². The second-order valence-corrected chi connectivity index (χ2v) is 4.50. The van der Waals surface area contributed by atoms with Crippen molar-refractivity contribution in [3.63, 3.8) is 0 Å². The average molecular weight is 266 g/mol. The van der Waals surface area contributed by atoms with Crippen LogP contribution in [0, 0.1) is 0 Å². The van der Waals surface area contributed by atoms with Gasteiger partial charge in [-0.15, -0.1) is 6.58 Å². The van der Waals surface area contributed by atoms with Crippen LogP contribution >= 0.6 is 0 Å². The Morgan fingerprint density at radius 1 is 0.750 bits per heavy atom. The largest absolute Gasteiger partial charge is 0.102 e. The molecular weight excluding hydrogens is 240 g/mol. The molecule has 0 aromatic heterocycles. The molecule has 0 bridgehead atoms. The highest BCUT2D eigenvalue weighted by molar-refractivity contribution is 5.81. The zero-order valence-corrected chi connectivity index (χ0v) is 13.4. The van der Waals surface area contributed by atoms with Gasteiger partial charge < -0.3 is 0 Å².